The lowest BCUT2D eigenvalue weighted by molar-refractivity contribution is 0.329. The molecular weight excluding hydrogens is 693 g/mol. The fraction of sp³-hybridized carbons (Fsp3) is 0. The maximum Gasteiger partial charge on any atom is 0.208 e. The molecule has 0 aliphatic rings. The van der Waals surface area contributed by atoms with Gasteiger partial charge in [0.05, 0.1) is 11.0 Å². The number of hydrogen-bond acceptors (Lipinski definition) is 9. The minimum atomic E-state index is -1.08. The lowest BCUT2D eigenvalue weighted by Gasteiger charge is -2.13. The van der Waals surface area contributed by atoms with E-state index in [0.29, 0.717) is 22.3 Å². The van der Waals surface area contributed by atoms with Crippen LogP contribution in [0.1, 0.15) is 0 Å². The van der Waals surface area contributed by atoms with Crippen LogP contribution in [0.3, 0.4) is 0 Å². The van der Waals surface area contributed by atoms with Crippen molar-refractivity contribution in [3.05, 3.63) is 140 Å². The van der Waals surface area contributed by atoms with Gasteiger partial charge in [0.25, 0.3) is 0 Å². The van der Waals surface area contributed by atoms with Crippen molar-refractivity contribution in [2.45, 2.75) is 0 Å². The van der Waals surface area contributed by atoms with Crippen molar-refractivity contribution >= 4 is 43.7 Å². The minimum absolute atomic E-state index is 0.165. The van der Waals surface area contributed by atoms with Crippen molar-refractivity contribution < 1.29 is 29.9 Å². The minimum Gasteiger partial charge on any atom is -0.504 e. The lowest BCUT2D eigenvalue weighted by Crippen LogP contribution is -2.00. The number of furan rings is 1. The third kappa shape index (κ3) is 5.00. The number of phenolic OH excluding ortho intramolecular Hbond substituents is 5. The van der Waals surface area contributed by atoms with E-state index in [2.05, 4.69) is 81.3 Å². The van der Waals surface area contributed by atoms with Gasteiger partial charge in [0.2, 0.25) is 17.2 Å². The number of hydrogen-bond donors (Lipinski definition) is 5. The summed E-state index contributed by atoms with van der Waals surface area (Å²) in [6.45, 7) is 0. The molecule has 5 N–H and O–H groups in total. The fourth-order valence-corrected chi connectivity index (χ4v) is 7.34. The van der Waals surface area contributed by atoms with Gasteiger partial charge in [-0.3, -0.25) is 0 Å². The van der Waals surface area contributed by atoms with E-state index >= 15 is 0 Å². The molecule has 0 saturated heterocycles. The van der Waals surface area contributed by atoms with E-state index in [1.807, 2.05) is 54.6 Å². The summed E-state index contributed by atoms with van der Waals surface area (Å²) < 4.78 is 8.66. The molecule has 264 valence electrons. The first-order chi connectivity index (χ1) is 26.8. The van der Waals surface area contributed by atoms with Crippen molar-refractivity contribution in [2.24, 2.45) is 0 Å². The van der Waals surface area contributed by atoms with Gasteiger partial charge in [0, 0.05) is 38.4 Å². The lowest BCUT2D eigenvalue weighted by atomic mass is 10.0. The van der Waals surface area contributed by atoms with E-state index in [1.165, 1.54) is 0 Å². The van der Waals surface area contributed by atoms with Gasteiger partial charge in [-0.1, -0.05) is 91.0 Å². The molecule has 7 aromatic carbocycles. The average Bonchev–Trinajstić information content (AvgIpc) is 3.77. The van der Waals surface area contributed by atoms with Gasteiger partial charge < -0.3 is 34.5 Å². The molecule has 0 fully saturated rings. The standard InChI is InChI=1S/C45H28N4O6/c50-38-37(39(51)41(53)42(54)40(38)52)45-47-43(25-11-5-2-6-12-25)46-44(48-45)27-15-18-30-32-23-28(17-20-35(32)55-36(30)22-27)49-33-14-8-7-13-29(33)31-21-26(16-19-34(31)49)24-9-3-1-4-10-24/h1-23,50-54H. The Morgan fingerprint density at radius 1 is 0.382 bits per heavy atom. The highest BCUT2D eigenvalue weighted by molar-refractivity contribution is 6.11. The van der Waals surface area contributed by atoms with E-state index in [9.17, 15) is 25.5 Å². The number of fused-ring (bicyclic) bond motifs is 6. The summed E-state index contributed by atoms with van der Waals surface area (Å²) in [7, 11) is 0. The van der Waals surface area contributed by atoms with Crippen molar-refractivity contribution in [3.63, 3.8) is 0 Å². The SMILES string of the molecule is Oc1c(O)c(O)c(-c2nc(-c3ccccc3)nc(-c3ccc4c(c3)oc3ccc(-n5c6ccccc6c6cc(-c7ccccc7)ccc65)cc34)n2)c(O)c1O. The Morgan fingerprint density at radius 3 is 1.73 bits per heavy atom. The van der Waals surface area contributed by atoms with E-state index in [-0.39, 0.29) is 17.5 Å². The van der Waals surface area contributed by atoms with Crippen LogP contribution >= 0.6 is 0 Å². The number of aromatic nitrogens is 4. The Kier molecular flexibility index (Phi) is 7.01. The number of aromatic hydroxyl groups is 5. The van der Waals surface area contributed by atoms with Gasteiger partial charge in [0.1, 0.15) is 16.7 Å². The van der Waals surface area contributed by atoms with Gasteiger partial charge in [-0.05, 0) is 59.7 Å². The zero-order chi connectivity index (χ0) is 37.4. The Morgan fingerprint density at radius 2 is 0.982 bits per heavy atom. The van der Waals surface area contributed by atoms with Crippen LogP contribution in [0.4, 0.5) is 0 Å². The normalized spacial score (nSPS) is 11.6. The molecule has 55 heavy (non-hydrogen) atoms. The molecular formula is C45H28N4O6. The Bertz CT molecular complexity index is 3130. The van der Waals surface area contributed by atoms with Crippen molar-refractivity contribution in [2.75, 3.05) is 0 Å². The predicted octanol–water partition coefficient (Wildman–Crippen LogP) is 10.1. The number of para-hydroxylation sites is 1. The molecule has 0 aliphatic heterocycles. The third-order valence-corrected chi connectivity index (χ3v) is 10.0. The molecule has 0 saturated carbocycles. The highest BCUT2D eigenvalue weighted by atomic mass is 16.4. The molecule has 10 rings (SSSR count). The highest BCUT2D eigenvalue weighted by Gasteiger charge is 2.27. The molecule has 0 atom stereocenters. The van der Waals surface area contributed by atoms with Gasteiger partial charge in [-0.25, -0.2) is 15.0 Å². The summed E-state index contributed by atoms with van der Waals surface area (Å²) in [6.07, 6.45) is 0. The van der Waals surface area contributed by atoms with Gasteiger partial charge in [0.15, 0.2) is 29.0 Å². The van der Waals surface area contributed by atoms with E-state index < -0.39 is 34.3 Å². The molecule has 0 bridgehead atoms. The molecule has 10 nitrogen and oxygen atoms in total. The zero-order valence-corrected chi connectivity index (χ0v) is 28.7. The van der Waals surface area contributed by atoms with Crippen LogP contribution in [0.2, 0.25) is 0 Å². The zero-order valence-electron chi connectivity index (χ0n) is 28.7. The molecule has 0 unspecified atom stereocenters. The Balaban J connectivity index is 1.12. The third-order valence-electron chi connectivity index (χ3n) is 10.0. The van der Waals surface area contributed by atoms with E-state index in [4.69, 9.17) is 9.40 Å². The maximum absolute atomic E-state index is 10.8. The van der Waals surface area contributed by atoms with Crippen LogP contribution in [0, 0.1) is 0 Å². The maximum atomic E-state index is 10.8. The fourth-order valence-electron chi connectivity index (χ4n) is 7.34. The summed E-state index contributed by atoms with van der Waals surface area (Å²) >= 11 is 0. The monoisotopic (exact) mass is 720 g/mol. The van der Waals surface area contributed by atoms with Crippen molar-refractivity contribution in [3.8, 4) is 79.7 Å². The van der Waals surface area contributed by atoms with Gasteiger partial charge >= 0.3 is 0 Å². The van der Waals surface area contributed by atoms with Gasteiger partial charge in [-0.15, -0.1) is 0 Å². The summed E-state index contributed by atoms with van der Waals surface area (Å²) in [4.78, 5) is 13.7. The van der Waals surface area contributed by atoms with E-state index in [0.717, 1.165) is 49.4 Å². The van der Waals surface area contributed by atoms with Crippen LogP contribution in [0.5, 0.6) is 28.7 Å². The first-order valence-electron chi connectivity index (χ1n) is 17.4. The molecule has 0 spiro atoms. The second kappa shape index (κ2) is 12.1. The Labute approximate surface area is 311 Å². The average molecular weight is 721 g/mol. The number of benzene rings is 7. The summed E-state index contributed by atoms with van der Waals surface area (Å²) in [6, 6.07) is 46.1. The second-order valence-corrected chi connectivity index (χ2v) is 13.2. The summed E-state index contributed by atoms with van der Waals surface area (Å²) in [5, 5.41) is 56.2. The quantitative estimate of drug-likeness (QED) is 0.0862. The second-order valence-electron chi connectivity index (χ2n) is 13.2. The molecule has 0 aliphatic carbocycles. The first-order valence-corrected chi connectivity index (χ1v) is 17.4. The van der Waals surface area contributed by atoms with Crippen LogP contribution in [0.15, 0.2) is 144 Å². The molecule has 10 heteroatoms. The van der Waals surface area contributed by atoms with Crippen LogP contribution in [-0.4, -0.2) is 45.1 Å². The molecule has 0 radical (unpaired) electrons. The Hall–Kier alpha value is -7.85. The molecule has 3 heterocycles. The first kappa shape index (κ1) is 31.9. The van der Waals surface area contributed by atoms with Crippen LogP contribution in [-0.2, 0) is 0 Å². The smallest absolute Gasteiger partial charge is 0.208 e. The largest absolute Gasteiger partial charge is 0.504 e. The molecule has 10 aromatic rings. The van der Waals surface area contributed by atoms with Crippen LogP contribution < -0.4 is 0 Å². The van der Waals surface area contributed by atoms with Crippen molar-refractivity contribution in [1.29, 1.82) is 0 Å². The number of nitrogens with zero attached hydrogens (tertiary/aromatic N) is 4. The van der Waals surface area contributed by atoms with E-state index in [1.54, 1.807) is 18.2 Å². The molecule has 0 amide bonds. The topological polar surface area (TPSA) is 158 Å². The van der Waals surface area contributed by atoms with Crippen LogP contribution in [0.25, 0.3) is 94.7 Å². The van der Waals surface area contributed by atoms with Gasteiger partial charge in [-0.2, -0.15) is 0 Å². The molecule has 3 aromatic heterocycles. The summed E-state index contributed by atoms with van der Waals surface area (Å²) in [5.41, 5.74) is 7.39. The number of rotatable bonds is 5. The van der Waals surface area contributed by atoms with Crippen molar-refractivity contribution in [1.82, 2.24) is 19.5 Å². The predicted molar refractivity (Wildman–Crippen MR) is 212 cm³/mol. The summed E-state index contributed by atoms with van der Waals surface area (Å²) in [5.74, 6) is -4.85. The highest BCUT2D eigenvalue weighted by Crippen LogP contribution is 2.54. The number of phenols is 5.